The number of rotatable bonds is 2. The highest BCUT2D eigenvalue weighted by Crippen LogP contribution is 2.19. The SMILES string of the molecule is [CH2-][CH+]c1ccc(C(C)(C)O)cc1. The van der Waals surface area contributed by atoms with Crippen LogP contribution in [0.15, 0.2) is 24.3 Å². The molecule has 0 aliphatic heterocycles. The van der Waals surface area contributed by atoms with E-state index in [0.717, 1.165) is 11.1 Å². The van der Waals surface area contributed by atoms with E-state index in [9.17, 15) is 5.11 Å². The van der Waals surface area contributed by atoms with E-state index >= 15 is 0 Å². The Balaban J connectivity index is 2.93. The van der Waals surface area contributed by atoms with Gasteiger partial charge in [-0.25, -0.2) is 0 Å². The van der Waals surface area contributed by atoms with Gasteiger partial charge in [0.2, 0.25) is 0 Å². The summed E-state index contributed by atoms with van der Waals surface area (Å²) in [4.78, 5) is 0. The van der Waals surface area contributed by atoms with Gasteiger partial charge in [-0.1, -0.05) is 0 Å². The summed E-state index contributed by atoms with van der Waals surface area (Å²) in [5, 5.41) is 9.63. The molecule has 1 heteroatoms. The second kappa shape index (κ2) is 3.20. The van der Waals surface area contributed by atoms with E-state index in [1.165, 1.54) is 0 Å². The molecule has 0 unspecified atom stereocenters. The minimum atomic E-state index is -0.750. The summed E-state index contributed by atoms with van der Waals surface area (Å²) < 4.78 is 0. The molecule has 0 aliphatic carbocycles. The lowest BCUT2D eigenvalue weighted by molar-refractivity contribution is 0.0786. The molecule has 1 rings (SSSR count). The summed E-state index contributed by atoms with van der Waals surface area (Å²) in [5.74, 6) is 0. The van der Waals surface area contributed by atoms with Crippen LogP contribution in [0.4, 0.5) is 0 Å². The van der Waals surface area contributed by atoms with Gasteiger partial charge in [0, 0.05) is 29.8 Å². The first-order valence-corrected chi connectivity index (χ1v) is 3.99. The molecule has 0 heterocycles. The summed E-state index contributed by atoms with van der Waals surface area (Å²) in [5.41, 5.74) is 1.25. The predicted molar refractivity (Wildman–Crippen MR) is 50.4 cm³/mol. The largest absolute Gasteiger partial charge is 0.386 e. The van der Waals surface area contributed by atoms with Gasteiger partial charge in [-0.2, -0.15) is 0 Å². The van der Waals surface area contributed by atoms with Gasteiger partial charge in [0.15, 0.2) is 0 Å². The minimum absolute atomic E-state index is 0.750. The lowest BCUT2D eigenvalue weighted by Crippen LogP contribution is -2.14. The molecule has 0 atom stereocenters. The van der Waals surface area contributed by atoms with Crippen LogP contribution in [0.25, 0.3) is 0 Å². The molecule has 0 saturated heterocycles. The van der Waals surface area contributed by atoms with Crippen molar-refractivity contribution < 1.29 is 5.11 Å². The molecule has 0 bridgehead atoms. The molecular weight excluding hydrogens is 148 g/mol. The summed E-state index contributed by atoms with van der Waals surface area (Å²) in [6, 6.07) is 7.72. The predicted octanol–water partition coefficient (Wildman–Crippen LogP) is 2.30. The van der Waals surface area contributed by atoms with E-state index in [1.807, 2.05) is 24.3 Å². The molecule has 64 valence electrons. The zero-order valence-electron chi connectivity index (χ0n) is 7.54. The molecule has 1 aromatic carbocycles. The third-order valence-corrected chi connectivity index (χ3v) is 1.85. The van der Waals surface area contributed by atoms with E-state index in [2.05, 4.69) is 6.92 Å². The van der Waals surface area contributed by atoms with Crippen LogP contribution in [0, 0.1) is 13.3 Å². The average Bonchev–Trinajstić information content (AvgIpc) is 2.03. The van der Waals surface area contributed by atoms with Crippen molar-refractivity contribution in [2.45, 2.75) is 19.4 Å². The van der Waals surface area contributed by atoms with Crippen molar-refractivity contribution in [1.82, 2.24) is 0 Å². The molecule has 0 aromatic heterocycles. The first kappa shape index (κ1) is 9.14. The van der Waals surface area contributed by atoms with E-state index in [1.54, 1.807) is 20.3 Å². The summed E-state index contributed by atoms with van der Waals surface area (Å²) in [6.07, 6.45) is 1.79. The first-order chi connectivity index (χ1) is 5.54. The second-order valence-corrected chi connectivity index (χ2v) is 3.39. The topological polar surface area (TPSA) is 20.2 Å². The van der Waals surface area contributed by atoms with Gasteiger partial charge in [-0.15, -0.1) is 6.42 Å². The maximum Gasteiger partial charge on any atom is 0.0970 e. The number of hydrogen-bond acceptors (Lipinski definition) is 1. The van der Waals surface area contributed by atoms with Gasteiger partial charge in [0.25, 0.3) is 0 Å². The van der Waals surface area contributed by atoms with Crippen molar-refractivity contribution in [3.8, 4) is 0 Å². The molecule has 1 N–H and O–H groups in total. The monoisotopic (exact) mass is 162 g/mol. The molecule has 0 aliphatic rings. The Morgan fingerprint density at radius 2 is 1.75 bits per heavy atom. The summed E-state index contributed by atoms with van der Waals surface area (Å²) in [7, 11) is 0. The van der Waals surface area contributed by atoms with Crippen LogP contribution in [0.3, 0.4) is 0 Å². The van der Waals surface area contributed by atoms with Crippen LogP contribution >= 0.6 is 0 Å². The fraction of sp³-hybridized carbons (Fsp3) is 0.273. The molecule has 12 heavy (non-hydrogen) atoms. The van der Waals surface area contributed by atoms with Gasteiger partial charge in [-0.05, 0) is 13.8 Å². The summed E-state index contributed by atoms with van der Waals surface area (Å²) in [6.45, 7) is 7.21. The zero-order valence-corrected chi connectivity index (χ0v) is 7.54. The zero-order chi connectivity index (χ0) is 9.19. The normalized spacial score (nSPS) is 11.3. The van der Waals surface area contributed by atoms with Crippen molar-refractivity contribution in [1.29, 1.82) is 0 Å². The Hall–Kier alpha value is -0.950. The van der Waals surface area contributed by atoms with Gasteiger partial charge >= 0.3 is 0 Å². The van der Waals surface area contributed by atoms with Gasteiger partial charge < -0.3 is 5.11 Å². The minimum Gasteiger partial charge on any atom is -0.386 e. The standard InChI is InChI=1S/C11H14O/c1-4-9-5-7-10(8-6-9)11(2,3)12/h4-8,12H,1H2,2-3H3. The van der Waals surface area contributed by atoms with Crippen molar-refractivity contribution in [3.05, 3.63) is 48.7 Å². The Morgan fingerprint density at radius 3 is 2.08 bits per heavy atom. The molecule has 0 radical (unpaired) electrons. The highest BCUT2D eigenvalue weighted by molar-refractivity contribution is 5.30. The van der Waals surface area contributed by atoms with Crippen molar-refractivity contribution in [3.63, 3.8) is 0 Å². The molecule has 0 saturated carbocycles. The summed E-state index contributed by atoms with van der Waals surface area (Å²) >= 11 is 0. The van der Waals surface area contributed by atoms with Crippen LogP contribution in [0.1, 0.15) is 25.0 Å². The first-order valence-electron chi connectivity index (χ1n) is 3.99. The molecule has 0 spiro atoms. The lowest BCUT2D eigenvalue weighted by Gasteiger charge is -2.15. The Morgan fingerprint density at radius 1 is 1.25 bits per heavy atom. The molecule has 1 aromatic rings. The maximum absolute atomic E-state index is 9.63. The average molecular weight is 162 g/mol. The fourth-order valence-electron chi connectivity index (χ4n) is 1.03. The van der Waals surface area contributed by atoms with Crippen LogP contribution < -0.4 is 0 Å². The van der Waals surface area contributed by atoms with E-state index in [0.29, 0.717) is 0 Å². The van der Waals surface area contributed by atoms with Crippen molar-refractivity contribution >= 4 is 0 Å². The van der Waals surface area contributed by atoms with Crippen LogP contribution in [0.2, 0.25) is 0 Å². The smallest absolute Gasteiger partial charge is 0.0970 e. The van der Waals surface area contributed by atoms with Gasteiger partial charge in [0.05, 0.1) is 11.2 Å². The third kappa shape index (κ3) is 2.02. The molecular formula is C11H14O. The second-order valence-electron chi connectivity index (χ2n) is 3.39. The Bertz CT molecular complexity index is 241. The molecule has 1 nitrogen and oxygen atoms in total. The number of benzene rings is 1. The fourth-order valence-corrected chi connectivity index (χ4v) is 1.03. The third-order valence-electron chi connectivity index (χ3n) is 1.85. The highest BCUT2D eigenvalue weighted by atomic mass is 16.3. The Kier molecular flexibility index (Phi) is 2.43. The molecule has 0 fully saturated rings. The quantitative estimate of drug-likeness (QED) is 0.661. The van der Waals surface area contributed by atoms with E-state index < -0.39 is 5.60 Å². The van der Waals surface area contributed by atoms with Crippen LogP contribution in [0.5, 0.6) is 0 Å². The van der Waals surface area contributed by atoms with Gasteiger partial charge in [-0.3, -0.25) is 6.92 Å². The van der Waals surface area contributed by atoms with E-state index in [4.69, 9.17) is 0 Å². The van der Waals surface area contributed by atoms with Crippen LogP contribution in [-0.4, -0.2) is 5.11 Å². The van der Waals surface area contributed by atoms with Crippen molar-refractivity contribution in [2.24, 2.45) is 0 Å². The number of hydrogen-bond donors (Lipinski definition) is 1. The van der Waals surface area contributed by atoms with Crippen molar-refractivity contribution in [2.75, 3.05) is 0 Å². The Labute approximate surface area is 74.1 Å². The van der Waals surface area contributed by atoms with Gasteiger partial charge in [0.1, 0.15) is 0 Å². The lowest BCUT2D eigenvalue weighted by atomic mass is 9.97. The van der Waals surface area contributed by atoms with E-state index in [-0.39, 0.29) is 0 Å². The highest BCUT2D eigenvalue weighted by Gasteiger charge is 2.16. The maximum atomic E-state index is 9.63. The molecule has 0 amide bonds. The number of aliphatic hydroxyl groups is 1. The van der Waals surface area contributed by atoms with Crippen LogP contribution in [-0.2, 0) is 5.60 Å².